The zero-order chi connectivity index (χ0) is 18.1. The number of para-hydroxylation sites is 1. The lowest BCUT2D eigenvalue weighted by atomic mass is 10.1. The van der Waals surface area contributed by atoms with Crippen molar-refractivity contribution in [2.75, 3.05) is 4.90 Å². The van der Waals surface area contributed by atoms with E-state index in [1.807, 2.05) is 0 Å². The molecule has 26 heavy (non-hydrogen) atoms. The highest BCUT2D eigenvalue weighted by Crippen LogP contribution is 2.28. The second kappa shape index (κ2) is 7.08. The summed E-state index contributed by atoms with van der Waals surface area (Å²) in [6, 6.07) is 9.84. The van der Waals surface area contributed by atoms with E-state index in [-0.39, 0.29) is 22.5 Å². The van der Waals surface area contributed by atoms with Gasteiger partial charge in [0.2, 0.25) is 0 Å². The molecule has 4 amide bonds. The quantitative estimate of drug-likeness (QED) is 0.422. The van der Waals surface area contributed by atoms with Crippen LogP contribution in [0.4, 0.5) is 10.5 Å². The number of aryl methyl sites for hydroxylation is 1. The van der Waals surface area contributed by atoms with Crippen LogP contribution in [0.5, 0.6) is 11.5 Å². The van der Waals surface area contributed by atoms with E-state index in [0.717, 1.165) is 4.90 Å². The van der Waals surface area contributed by atoms with Crippen LogP contribution >= 0.6 is 0 Å². The Morgan fingerprint density at radius 3 is 2.35 bits per heavy atom. The summed E-state index contributed by atoms with van der Waals surface area (Å²) in [6.45, 7) is 1.74. The number of amides is 4. The van der Waals surface area contributed by atoms with E-state index in [2.05, 4.69) is 5.32 Å². The Morgan fingerprint density at radius 2 is 1.69 bits per heavy atom. The van der Waals surface area contributed by atoms with Gasteiger partial charge in [-0.1, -0.05) is 24.3 Å². The van der Waals surface area contributed by atoms with Gasteiger partial charge in [-0.25, -0.2) is 9.69 Å². The lowest BCUT2D eigenvalue weighted by Crippen LogP contribution is -2.54. The van der Waals surface area contributed by atoms with E-state index >= 15 is 0 Å². The van der Waals surface area contributed by atoms with Gasteiger partial charge in [-0.2, -0.15) is 0 Å². The number of hydrogen-bond donors (Lipinski definition) is 3. The molecule has 2 aromatic rings. The summed E-state index contributed by atoms with van der Waals surface area (Å²) in [4.78, 5) is 37.8. The molecular weight excluding hydrogens is 340 g/mol. The maximum atomic E-state index is 12.7. The molecule has 1 aliphatic rings. The number of phenolic OH excluding ortho intramolecular Hbond substituents is 2. The maximum Gasteiger partial charge on any atom is 0.335 e. The third kappa shape index (κ3) is 3.26. The Labute approximate surface area is 148 Å². The van der Waals surface area contributed by atoms with E-state index in [1.54, 1.807) is 31.2 Å². The number of nitrogens with one attached hydrogen (secondary N) is 1. The summed E-state index contributed by atoms with van der Waals surface area (Å²) in [5.41, 5.74) is 1.14. The summed E-state index contributed by atoms with van der Waals surface area (Å²) in [5.74, 6) is -2.30. The first-order chi connectivity index (χ1) is 11.9. The lowest BCUT2D eigenvalue weighted by Gasteiger charge is -2.27. The van der Waals surface area contributed by atoms with Gasteiger partial charge in [-0.15, -0.1) is 0 Å². The van der Waals surface area contributed by atoms with Crippen molar-refractivity contribution in [1.29, 1.82) is 0 Å². The van der Waals surface area contributed by atoms with Crippen LogP contribution in [0.15, 0.2) is 48.0 Å². The molecule has 1 aliphatic heterocycles. The first-order valence-corrected chi connectivity index (χ1v) is 7.37. The second-order valence-corrected chi connectivity index (χ2v) is 5.49. The van der Waals surface area contributed by atoms with Crippen molar-refractivity contribution in [3.63, 3.8) is 0 Å². The van der Waals surface area contributed by atoms with Crippen LogP contribution in [0.25, 0.3) is 6.08 Å². The zero-order valence-corrected chi connectivity index (χ0v) is 13.7. The molecule has 1 heterocycles. The smallest absolute Gasteiger partial charge is 0.335 e. The number of aromatic hydroxyl groups is 2. The fourth-order valence-corrected chi connectivity index (χ4v) is 2.49. The average Bonchev–Trinajstić information content (AvgIpc) is 2.56. The van der Waals surface area contributed by atoms with Crippen LogP contribution in [-0.4, -0.2) is 33.5 Å². The summed E-state index contributed by atoms with van der Waals surface area (Å²) < 4.78 is 0. The van der Waals surface area contributed by atoms with Gasteiger partial charge in [0.1, 0.15) is 5.57 Å². The number of phenols is 2. The molecule has 8 nitrogen and oxygen atoms in total. The van der Waals surface area contributed by atoms with Gasteiger partial charge in [0, 0.05) is 0 Å². The summed E-state index contributed by atoms with van der Waals surface area (Å²) in [5, 5.41) is 21.0. The third-order valence-electron chi connectivity index (χ3n) is 3.77. The molecule has 134 valence electrons. The Hall–Kier alpha value is -3.65. The summed E-state index contributed by atoms with van der Waals surface area (Å²) >= 11 is 0. The predicted molar refractivity (Wildman–Crippen MR) is 93.6 cm³/mol. The van der Waals surface area contributed by atoms with Gasteiger partial charge in [-0.05, 0) is 42.3 Å². The molecule has 0 aromatic heterocycles. The van der Waals surface area contributed by atoms with Crippen LogP contribution < -0.4 is 10.2 Å². The van der Waals surface area contributed by atoms with Crippen LogP contribution in [0.3, 0.4) is 0 Å². The molecule has 0 spiro atoms. The number of nitrogens with zero attached hydrogens (tertiary/aromatic N) is 1. The molecule has 1 saturated heterocycles. The van der Waals surface area contributed by atoms with Gasteiger partial charge in [-0.3, -0.25) is 14.9 Å². The average molecular weight is 356 g/mol. The van der Waals surface area contributed by atoms with E-state index in [9.17, 15) is 24.6 Å². The summed E-state index contributed by atoms with van der Waals surface area (Å²) in [6.07, 6.45) is 1.24. The first-order valence-electron chi connectivity index (χ1n) is 7.37. The number of anilines is 1. The SMILES string of the molecule is Cc1ccccc1N1C(=O)NC(=O)/C(=C/c2ccc(O)c(O)c2)C1=O.O. The van der Waals surface area contributed by atoms with Crippen molar-refractivity contribution in [2.45, 2.75) is 6.92 Å². The van der Waals surface area contributed by atoms with E-state index in [0.29, 0.717) is 16.8 Å². The molecule has 1 fully saturated rings. The molecule has 2 aromatic carbocycles. The highest BCUT2D eigenvalue weighted by Gasteiger charge is 2.37. The zero-order valence-electron chi connectivity index (χ0n) is 13.7. The van der Waals surface area contributed by atoms with Crippen molar-refractivity contribution in [2.24, 2.45) is 0 Å². The molecule has 0 saturated carbocycles. The number of carbonyl (C=O) groups is 3. The number of barbiturate groups is 1. The molecule has 0 unspecified atom stereocenters. The fourth-order valence-electron chi connectivity index (χ4n) is 2.49. The van der Waals surface area contributed by atoms with Crippen LogP contribution in [0.1, 0.15) is 11.1 Å². The fraction of sp³-hybridized carbons (Fsp3) is 0.0556. The highest BCUT2D eigenvalue weighted by atomic mass is 16.3. The number of benzene rings is 2. The largest absolute Gasteiger partial charge is 0.504 e. The Morgan fingerprint density at radius 1 is 1.00 bits per heavy atom. The van der Waals surface area contributed by atoms with E-state index in [1.165, 1.54) is 24.3 Å². The van der Waals surface area contributed by atoms with Gasteiger partial charge in [0.05, 0.1) is 5.69 Å². The van der Waals surface area contributed by atoms with E-state index in [4.69, 9.17) is 0 Å². The maximum absolute atomic E-state index is 12.7. The topological polar surface area (TPSA) is 138 Å². The Bertz CT molecular complexity index is 935. The normalized spacial score (nSPS) is 15.7. The molecule has 5 N–H and O–H groups in total. The molecule has 3 rings (SSSR count). The lowest BCUT2D eigenvalue weighted by molar-refractivity contribution is -0.122. The minimum Gasteiger partial charge on any atom is -0.504 e. The molecule has 0 aliphatic carbocycles. The van der Waals surface area contributed by atoms with E-state index < -0.39 is 17.8 Å². The van der Waals surface area contributed by atoms with Crippen LogP contribution in [-0.2, 0) is 9.59 Å². The number of rotatable bonds is 2. The molecular formula is C18H16N2O6. The first kappa shape index (κ1) is 18.7. The summed E-state index contributed by atoms with van der Waals surface area (Å²) in [7, 11) is 0. The van der Waals surface area contributed by atoms with Gasteiger partial charge in [0.15, 0.2) is 11.5 Å². The number of hydrogen-bond acceptors (Lipinski definition) is 5. The minimum absolute atomic E-state index is 0. The van der Waals surface area contributed by atoms with Crippen molar-refractivity contribution >= 4 is 29.6 Å². The van der Waals surface area contributed by atoms with Crippen molar-refractivity contribution in [3.8, 4) is 11.5 Å². The second-order valence-electron chi connectivity index (χ2n) is 5.49. The predicted octanol–water partition coefficient (Wildman–Crippen LogP) is 1.25. The monoisotopic (exact) mass is 356 g/mol. The van der Waals surface area contributed by atoms with Crippen LogP contribution in [0.2, 0.25) is 0 Å². The molecule has 0 radical (unpaired) electrons. The minimum atomic E-state index is -0.826. The number of urea groups is 1. The number of imide groups is 2. The standard InChI is InChI=1S/C18H14N2O5.H2O/c1-10-4-2-3-5-13(10)20-17(24)12(16(23)19-18(20)25)8-11-6-7-14(21)15(22)9-11;/h2-9,21-22H,1H3,(H,19,23,25);1H2/b12-8-;. The van der Waals surface area contributed by atoms with Gasteiger partial charge >= 0.3 is 6.03 Å². The number of carbonyl (C=O) groups excluding carboxylic acids is 3. The third-order valence-corrected chi connectivity index (χ3v) is 3.77. The van der Waals surface area contributed by atoms with Gasteiger partial charge < -0.3 is 15.7 Å². The molecule has 8 heteroatoms. The van der Waals surface area contributed by atoms with Crippen LogP contribution in [0, 0.1) is 6.92 Å². The van der Waals surface area contributed by atoms with Crippen molar-refractivity contribution < 1.29 is 30.1 Å². The highest BCUT2D eigenvalue weighted by molar-refractivity contribution is 6.39. The Balaban J connectivity index is 0.00000243. The van der Waals surface area contributed by atoms with Gasteiger partial charge in [0.25, 0.3) is 11.8 Å². The van der Waals surface area contributed by atoms with Crippen molar-refractivity contribution in [3.05, 3.63) is 59.2 Å². The molecule has 0 atom stereocenters. The molecule has 0 bridgehead atoms. The van der Waals surface area contributed by atoms with Crippen molar-refractivity contribution in [1.82, 2.24) is 5.32 Å². The Kier molecular flexibility index (Phi) is 5.08.